The van der Waals surface area contributed by atoms with E-state index in [1.54, 1.807) is 24.3 Å². The maximum absolute atomic E-state index is 12.3. The Labute approximate surface area is 166 Å². The molecule has 0 aliphatic heterocycles. The Balaban J connectivity index is 1.72. The smallest absolute Gasteiger partial charge is 0.242 e. The van der Waals surface area contributed by atoms with Crippen LogP contribution in [0.15, 0.2) is 41.3 Å². The minimum atomic E-state index is -3.58. The van der Waals surface area contributed by atoms with Crippen LogP contribution in [0.4, 0.5) is 0 Å². The molecule has 0 spiro atoms. The first kappa shape index (κ1) is 19.7. The number of hydrogen-bond donors (Lipinski definition) is 0. The first-order valence-electron chi connectivity index (χ1n) is 7.79. The van der Waals surface area contributed by atoms with Gasteiger partial charge in [-0.05, 0) is 35.5 Å². The molecule has 0 radical (unpaired) electrons. The molecule has 0 bridgehead atoms. The fourth-order valence-electron chi connectivity index (χ4n) is 2.23. The fourth-order valence-corrected chi connectivity index (χ4v) is 3.66. The lowest BCUT2D eigenvalue weighted by atomic mass is 10.3. The number of sulfonamides is 1. The van der Waals surface area contributed by atoms with Gasteiger partial charge in [0.2, 0.25) is 10.0 Å². The van der Waals surface area contributed by atoms with Crippen molar-refractivity contribution in [3.63, 3.8) is 0 Å². The Morgan fingerprint density at radius 1 is 1.11 bits per heavy atom. The van der Waals surface area contributed by atoms with Crippen LogP contribution in [0, 0.1) is 0 Å². The van der Waals surface area contributed by atoms with Gasteiger partial charge in [-0.25, -0.2) is 12.7 Å². The zero-order chi connectivity index (χ0) is 19.6. The Hall–Kier alpha value is -2.07. The molecule has 0 aliphatic carbocycles. The second kappa shape index (κ2) is 7.89. The predicted molar refractivity (Wildman–Crippen MR) is 102 cm³/mol. The molecule has 3 aromatic rings. The number of ether oxygens (including phenoxy) is 1. The molecule has 0 aliphatic rings. The minimum absolute atomic E-state index is 0.116. The Kier molecular flexibility index (Phi) is 5.75. The maximum atomic E-state index is 12.3. The molecule has 0 N–H and O–H groups in total. The zero-order valence-corrected chi connectivity index (χ0v) is 16.8. The number of nitrogens with zero attached hydrogens (tertiary/aromatic N) is 4. The fraction of sp³-hybridized carbons (Fsp3) is 0.250. The van der Waals surface area contributed by atoms with Gasteiger partial charge >= 0.3 is 0 Å². The van der Waals surface area contributed by atoms with Crippen LogP contribution in [0.25, 0.3) is 11.0 Å². The molecule has 0 amide bonds. The van der Waals surface area contributed by atoms with Gasteiger partial charge in [0.05, 0.1) is 14.9 Å². The van der Waals surface area contributed by atoms with E-state index in [9.17, 15) is 8.42 Å². The van der Waals surface area contributed by atoms with Gasteiger partial charge in [-0.15, -0.1) is 5.10 Å². The highest BCUT2D eigenvalue weighted by atomic mass is 35.5. The second-order valence-corrected chi connectivity index (χ2v) is 8.60. The summed E-state index contributed by atoms with van der Waals surface area (Å²) in [7, 11) is -0.657. The van der Waals surface area contributed by atoms with E-state index in [1.165, 1.54) is 26.2 Å². The molecular weight excluding hydrogens is 415 g/mol. The minimum Gasteiger partial charge on any atom is -0.487 e. The average Bonchev–Trinajstić information content (AvgIpc) is 3.03. The lowest BCUT2D eigenvalue weighted by Crippen LogP contribution is -2.22. The van der Waals surface area contributed by atoms with Crippen LogP contribution in [-0.4, -0.2) is 55.2 Å². The van der Waals surface area contributed by atoms with Crippen molar-refractivity contribution in [2.45, 2.75) is 4.90 Å². The Morgan fingerprint density at radius 3 is 2.48 bits per heavy atom. The molecule has 144 valence electrons. The standard InChI is InChI=1S/C16H16Cl2N4O4S/c1-21(2)27(23,24)11-6-7-14-15(10-11)22(20-19-14)26-9-8-25-16-12(17)4-3-5-13(16)18/h3-7,10H,8-9H2,1-2H3. The summed E-state index contributed by atoms with van der Waals surface area (Å²) in [5.74, 6) is 0.368. The SMILES string of the molecule is CN(C)S(=O)(=O)c1ccc2nnn(OCCOc3c(Cl)cccc3Cl)c2c1. The lowest BCUT2D eigenvalue weighted by Gasteiger charge is -2.12. The van der Waals surface area contributed by atoms with Gasteiger partial charge in [0.25, 0.3) is 0 Å². The normalized spacial score (nSPS) is 11.9. The number of fused-ring (bicyclic) bond motifs is 1. The molecule has 27 heavy (non-hydrogen) atoms. The highest BCUT2D eigenvalue weighted by Crippen LogP contribution is 2.32. The van der Waals surface area contributed by atoms with Crippen LogP contribution in [0.3, 0.4) is 0 Å². The number of para-hydroxylation sites is 1. The number of aromatic nitrogens is 3. The third-order valence-corrected chi connectivity index (χ3v) is 6.03. The lowest BCUT2D eigenvalue weighted by molar-refractivity contribution is 0.0640. The van der Waals surface area contributed by atoms with Gasteiger partial charge in [-0.1, -0.05) is 34.1 Å². The van der Waals surface area contributed by atoms with E-state index >= 15 is 0 Å². The van der Waals surface area contributed by atoms with Gasteiger partial charge < -0.3 is 9.57 Å². The molecule has 8 nitrogen and oxygen atoms in total. The van der Waals surface area contributed by atoms with E-state index in [4.69, 9.17) is 32.8 Å². The van der Waals surface area contributed by atoms with Crippen molar-refractivity contribution in [3.8, 4) is 5.75 Å². The number of halogens is 2. The van der Waals surface area contributed by atoms with Crippen molar-refractivity contribution >= 4 is 44.3 Å². The van der Waals surface area contributed by atoms with Gasteiger partial charge in [0.15, 0.2) is 12.4 Å². The topological polar surface area (TPSA) is 86.6 Å². The predicted octanol–water partition coefficient (Wildman–Crippen LogP) is 2.50. The molecule has 1 heterocycles. The molecule has 0 unspecified atom stereocenters. The third kappa shape index (κ3) is 4.11. The highest BCUT2D eigenvalue weighted by Gasteiger charge is 2.19. The average molecular weight is 431 g/mol. The van der Waals surface area contributed by atoms with E-state index in [0.29, 0.717) is 26.8 Å². The molecule has 1 aromatic heterocycles. The van der Waals surface area contributed by atoms with Gasteiger partial charge in [0, 0.05) is 14.1 Å². The molecule has 0 fully saturated rings. The maximum Gasteiger partial charge on any atom is 0.242 e. The summed E-state index contributed by atoms with van der Waals surface area (Å²) in [6, 6.07) is 9.55. The van der Waals surface area contributed by atoms with E-state index in [-0.39, 0.29) is 18.1 Å². The van der Waals surface area contributed by atoms with Crippen molar-refractivity contribution in [1.29, 1.82) is 0 Å². The van der Waals surface area contributed by atoms with Gasteiger partial charge in [-0.3, -0.25) is 0 Å². The zero-order valence-electron chi connectivity index (χ0n) is 14.5. The van der Waals surface area contributed by atoms with Gasteiger partial charge in [-0.2, -0.15) is 0 Å². The van der Waals surface area contributed by atoms with Crippen molar-refractivity contribution in [1.82, 2.24) is 19.5 Å². The second-order valence-electron chi connectivity index (χ2n) is 5.63. The number of rotatable bonds is 7. The van der Waals surface area contributed by atoms with Crippen LogP contribution in [0.2, 0.25) is 10.0 Å². The van der Waals surface area contributed by atoms with Gasteiger partial charge in [0.1, 0.15) is 17.6 Å². The first-order valence-corrected chi connectivity index (χ1v) is 9.98. The summed E-state index contributed by atoms with van der Waals surface area (Å²) >= 11 is 12.1. The molecule has 2 aromatic carbocycles. The highest BCUT2D eigenvalue weighted by molar-refractivity contribution is 7.89. The summed E-state index contributed by atoms with van der Waals surface area (Å²) in [5, 5.41) is 8.61. The largest absolute Gasteiger partial charge is 0.487 e. The van der Waals surface area contributed by atoms with Crippen molar-refractivity contribution in [2.75, 3.05) is 27.3 Å². The summed E-state index contributed by atoms with van der Waals surface area (Å²) < 4.78 is 31.2. The molecule has 0 saturated heterocycles. The Morgan fingerprint density at radius 2 is 1.81 bits per heavy atom. The van der Waals surface area contributed by atoms with E-state index < -0.39 is 10.0 Å². The monoisotopic (exact) mass is 430 g/mol. The van der Waals surface area contributed by atoms with E-state index in [2.05, 4.69) is 10.3 Å². The molecule has 11 heteroatoms. The third-order valence-electron chi connectivity index (χ3n) is 3.63. The number of benzene rings is 2. The van der Waals surface area contributed by atoms with E-state index in [1.807, 2.05) is 0 Å². The van der Waals surface area contributed by atoms with Crippen LogP contribution < -0.4 is 9.57 Å². The van der Waals surface area contributed by atoms with Crippen LogP contribution in [-0.2, 0) is 10.0 Å². The van der Waals surface area contributed by atoms with Crippen molar-refractivity contribution < 1.29 is 18.0 Å². The quantitative estimate of drug-likeness (QED) is 0.535. The van der Waals surface area contributed by atoms with Crippen LogP contribution in [0.5, 0.6) is 5.75 Å². The molecule has 3 rings (SSSR count). The number of hydrogen-bond acceptors (Lipinski definition) is 6. The molecular formula is C16H16Cl2N4O4S. The first-order chi connectivity index (χ1) is 12.8. The van der Waals surface area contributed by atoms with Crippen molar-refractivity contribution in [3.05, 3.63) is 46.4 Å². The molecule has 0 saturated carbocycles. The summed E-state index contributed by atoms with van der Waals surface area (Å²) in [6.45, 7) is 0.269. The summed E-state index contributed by atoms with van der Waals surface area (Å²) in [4.78, 5) is 6.78. The molecule has 0 atom stereocenters. The summed E-state index contributed by atoms with van der Waals surface area (Å²) in [6.07, 6.45) is 0. The van der Waals surface area contributed by atoms with Crippen molar-refractivity contribution in [2.24, 2.45) is 0 Å². The summed E-state index contributed by atoms with van der Waals surface area (Å²) in [5.41, 5.74) is 0.927. The Bertz CT molecular complexity index is 1050. The van der Waals surface area contributed by atoms with Crippen LogP contribution in [0.1, 0.15) is 0 Å². The van der Waals surface area contributed by atoms with Crippen LogP contribution >= 0.6 is 23.2 Å². The van der Waals surface area contributed by atoms with E-state index in [0.717, 1.165) is 9.15 Å².